The van der Waals surface area contributed by atoms with Crippen molar-refractivity contribution in [3.8, 4) is 0 Å². The molecule has 0 saturated carbocycles. The molecule has 1 aromatic rings. The SMILES string of the molecule is CC(C)CS(=O)(=O)Nc1cccc(C=CC(=O)O)n1. The Kier molecular flexibility index (Phi) is 5.05. The molecule has 0 aliphatic carbocycles. The average Bonchev–Trinajstić information content (AvgIpc) is 2.24. The molecule has 1 heterocycles. The lowest BCUT2D eigenvalue weighted by Gasteiger charge is -2.09. The van der Waals surface area contributed by atoms with Gasteiger partial charge < -0.3 is 5.11 Å². The molecule has 2 N–H and O–H groups in total. The van der Waals surface area contributed by atoms with Crippen molar-refractivity contribution in [3.63, 3.8) is 0 Å². The number of aliphatic carboxylic acids is 1. The second-order valence-corrected chi connectivity index (χ2v) is 6.16. The highest BCUT2D eigenvalue weighted by Crippen LogP contribution is 2.10. The smallest absolute Gasteiger partial charge is 0.328 e. The van der Waals surface area contributed by atoms with Gasteiger partial charge in [0.25, 0.3) is 0 Å². The third kappa shape index (κ3) is 6.01. The number of nitrogens with zero attached hydrogens (tertiary/aromatic N) is 1. The summed E-state index contributed by atoms with van der Waals surface area (Å²) in [6.07, 6.45) is 2.23. The van der Waals surface area contributed by atoms with Crippen LogP contribution in [0.25, 0.3) is 6.08 Å². The van der Waals surface area contributed by atoms with Crippen LogP contribution in [0.4, 0.5) is 5.82 Å². The average molecular weight is 284 g/mol. The van der Waals surface area contributed by atoms with Gasteiger partial charge in [-0.15, -0.1) is 0 Å². The molecule has 19 heavy (non-hydrogen) atoms. The van der Waals surface area contributed by atoms with E-state index < -0.39 is 16.0 Å². The van der Waals surface area contributed by atoms with Crippen molar-refractivity contribution in [3.05, 3.63) is 30.0 Å². The summed E-state index contributed by atoms with van der Waals surface area (Å²) in [5.74, 6) is -0.905. The number of sulfonamides is 1. The van der Waals surface area contributed by atoms with E-state index in [4.69, 9.17) is 5.11 Å². The molecule has 0 bridgehead atoms. The molecule has 0 saturated heterocycles. The second kappa shape index (κ2) is 6.33. The van der Waals surface area contributed by atoms with E-state index in [0.717, 1.165) is 6.08 Å². The fourth-order valence-electron chi connectivity index (χ4n) is 1.40. The summed E-state index contributed by atoms with van der Waals surface area (Å²) in [6, 6.07) is 4.69. The fourth-order valence-corrected chi connectivity index (χ4v) is 2.79. The standard InChI is InChI=1S/C12H16N2O4S/c1-9(2)8-19(17,18)14-11-5-3-4-10(13-11)6-7-12(15)16/h3-7,9H,8H2,1-2H3,(H,13,14)(H,15,16). The number of carboxylic acid groups (broad SMARTS) is 1. The lowest BCUT2D eigenvalue weighted by Crippen LogP contribution is -2.20. The van der Waals surface area contributed by atoms with Crippen LogP contribution in [0.5, 0.6) is 0 Å². The Balaban J connectivity index is 2.86. The summed E-state index contributed by atoms with van der Waals surface area (Å²) in [7, 11) is -3.43. The predicted molar refractivity (Wildman–Crippen MR) is 73.2 cm³/mol. The molecule has 0 spiro atoms. The van der Waals surface area contributed by atoms with Crippen molar-refractivity contribution in [2.75, 3.05) is 10.5 Å². The van der Waals surface area contributed by atoms with Crippen molar-refractivity contribution >= 4 is 27.9 Å². The largest absolute Gasteiger partial charge is 0.478 e. The van der Waals surface area contributed by atoms with Crippen LogP contribution in [0.2, 0.25) is 0 Å². The van der Waals surface area contributed by atoms with Gasteiger partial charge in [0.15, 0.2) is 0 Å². The molecule has 7 heteroatoms. The van der Waals surface area contributed by atoms with Gasteiger partial charge >= 0.3 is 5.97 Å². The Bertz CT molecular complexity index is 579. The van der Waals surface area contributed by atoms with Crippen molar-refractivity contribution in [2.24, 2.45) is 5.92 Å². The van der Waals surface area contributed by atoms with Crippen LogP contribution in [0.15, 0.2) is 24.3 Å². The molecule has 0 unspecified atom stereocenters. The number of carboxylic acids is 1. The van der Waals surface area contributed by atoms with Gasteiger partial charge in [0.2, 0.25) is 10.0 Å². The summed E-state index contributed by atoms with van der Waals surface area (Å²) in [4.78, 5) is 14.4. The van der Waals surface area contributed by atoms with E-state index in [1.54, 1.807) is 26.0 Å². The number of hydrogen-bond acceptors (Lipinski definition) is 4. The van der Waals surface area contributed by atoms with E-state index in [9.17, 15) is 13.2 Å². The van der Waals surface area contributed by atoms with Crippen LogP contribution in [0.1, 0.15) is 19.5 Å². The summed E-state index contributed by atoms with van der Waals surface area (Å²) in [6.45, 7) is 3.61. The lowest BCUT2D eigenvalue weighted by atomic mass is 10.3. The topological polar surface area (TPSA) is 96.4 Å². The minimum Gasteiger partial charge on any atom is -0.478 e. The van der Waals surface area contributed by atoms with E-state index in [1.807, 2.05) is 0 Å². The number of nitrogens with one attached hydrogen (secondary N) is 1. The predicted octanol–water partition coefficient (Wildman–Crippen LogP) is 1.58. The van der Waals surface area contributed by atoms with Crippen molar-refractivity contribution in [1.82, 2.24) is 4.98 Å². The fraction of sp³-hybridized carbons (Fsp3) is 0.333. The highest BCUT2D eigenvalue weighted by atomic mass is 32.2. The summed E-state index contributed by atoms with van der Waals surface area (Å²) < 4.78 is 25.8. The van der Waals surface area contributed by atoms with Crippen LogP contribution in [-0.4, -0.2) is 30.2 Å². The Labute approximate surface area is 112 Å². The number of hydrogen-bond donors (Lipinski definition) is 2. The highest BCUT2D eigenvalue weighted by Gasteiger charge is 2.13. The summed E-state index contributed by atoms with van der Waals surface area (Å²) in [5, 5.41) is 8.50. The maximum Gasteiger partial charge on any atom is 0.328 e. The van der Waals surface area contributed by atoms with E-state index in [0.29, 0.717) is 5.69 Å². The second-order valence-electron chi connectivity index (χ2n) is 4.40. The molecule has 0 radical (unpaired) electrons. The van der Waals surface area contributed by atoms with Crippen molar-refractivity contribution < 1.29 is 18.3 Å². The molecule has 0 fully saturated rings. The molecule has 6 nitrogen and oxygen atoms in total. The first-order valence-corrected chi connectivity index (χ1v) is 7.32. The molecule has 1 aromatic heterocycles. The van der Waals surface area contributed by atoms with Gasteiger partial charge in [-0.05, 0) is 24.1 Å². The van der Waals surface area contributed by atoms with Gasteiger partial charge in [0.1, 0.15) is 5.82 Å². The molecule has 0 atom stereocenters. The van der Waals surface area contributed by atoms with Crippen LogP contribution >= 0.6 is 0 Å². The van der Waals surface area contributed by atoms with E-state index >= 15 is 0 Å². The molecule has 0 aliphatic rings. The Hall–Kier alpha value is -1.89. The van der Waals surface area contributed by atoms with Gasteiger partial charge in [0, 0.05) is 6.08 Å². The third-order valence-corrected chi connectivity index (χ3v) is 3.61. The summed E-state index contributed by atoms with van der Waals surface area (Å²) >= 11 is 0. The van der Waals surface area contributed by atoms with E-state index in [1.165, 1.54) is 12.1 Å². The van der Waals surface area contributed by atoms with Gasteiger partial charge in [-0.25, -0.2) is 18.2 Å². The first-order chi connectivity index (χ1) is 8.78. The first kappa shape index (κ1) is 15.2. The minimum atomic E-state index is -3.43. The molecule has 104 valence electrons. The number of rotatable bonds is 6. The maximum atomic E-state index is 11.7. The van der Waals surface area contributed by atoms with Gasteiger partial charge in [-0.1, -0.05) is 19.9 Å². The van der Waals surface area contributed by atoms with Crippen LogP contribution < -0.4 is 4.72 Å². The highest BCUT2D eigenvalue weighted by molar-refractivity contribution is 7.92. The zero-order valence-electron chi connectivity index (χ0n) is 10.7. The van der Waals surface area contributed by atoms with Gasteiger partial charge in [0.05, 0.1) is 11.4 Å². The van der Waals surface area contributed by atoms with Crippen molar-refractivity contribution in [1.29, 1.82) is 0 Å². The zero-order valence-corrected chi connectivity index (χ0v) is 11.5. The summed E-state index contributed by atoms with van der Waals surface area (Å²) in [5.41, 5.74) is 0.368. The normalized spacial score (nSPS) is 11.9. The number of aromatic nitrogens is 1. The zero-order chi connectivity index (χ0) is 14.5. The number of carbonyl (C=O) groups is 1. The molecular weight excluding hydrogens is 268 g/mol. The monoisotopic (exact) mass is 284 g/mol. The molecule has 0 amide bonds. The van der Waals surface area contributed by atoms with E-state index in [-0.39, 0.29) is 17.5 Å². The quantitative estimate of drug-likeness (QED) is 0.773. The Morgan fingerprint density at radius 1 is 1.47 bits per heavy atom. The number of anilines is 1. The Morgan fingerprint density at radius 2 is 2.16 bits per heavy atom. The van der Waals surface area contributed by atoms with Crippen molar-refractivity contribution in [2.45, 2.75) is 13.8 Å². The third-order valence-electron chi connectivity index (χ3n) is 1.98. The van der Waals surface area contributed by atoms with E-state index in [2.05, 4.69) is 9.71 Å². The minimum absolute atomic E-state index is 0.00384. The maximum absolute atomic E-state index is 11.7. The molecular formula is C12H16N2O4S. The van der Waals surface area contributed by atoms with Crippen LogP contribution in [-0.2, 0) is 14.8 Å². The molecule has 0 aliphatic heterocycles. The molecule has 0 aromatic carbocycles. The lowest BCUT2D eigenvalue weighted by molar-refractivity contribution is -0.131. The van der Waals surface area contributed by atoms with Gasteiger partial charge in [-0.2, -0.15) is 0 Å². The Morgan fingerprint density at radius 3 is 2.74 bits per heavy atom. The van der Waals surface area contributed by atoms with Crippen LogP contribution in [0.3, 0.4) is 0 Å². The first-order valence-electron chi connectivity index (χ1n) is 5.67. The number of pyridine rings is 1. The molecule has 1 rings (SSSR count). The van der Waals surface area contributed by atoms with Crippen LogP contribution in [0, 0.1) is 5.92 Å². The van der Waals surface area contributed by atoms with Gasteiger partial charge in [-0.3, -0.25) is 4.72 Å².